The molecule has 6 nitrogen and oxygen atoms in total. The lowest BCUT2D eigenvalue weighted by Gasteiger charge is -2.13. The number of rotatable bonds is 5. The molecule has 0 unspecified atom stereocenters. The van der Waals surface area contributed by atoms with Gasteiger partial charge in [0.1, 0.15) is 0 Å². The molecule has 3 amide bonds. The number of imide groups is 1. The molecule has 0 aliphatic heterocycles. The molecule has 120 valence electrons. The van der Waals surface area contributed by atoms with Gasteiger partial charge in [0, 0.05) is 9.75 Å². The Morgan fingerprint density at radius 2 is 1.91 bits per heavy atom. The summed E-state index contributed by atoms with van der Waals surface area (Å²) >= 11 is 2.87. The van der Waals surface area contributed by atoms with Gasteiger partial charge in [-0.05, 0) is 35.9 Å². The van der Waals surface area contributed by atoms with Crippen molar-refractivity contribution < 1.29 is 19.1 Å². The van der Waals surface area contributed by atoms with Crippen LogP contribution in [0.2, 0.25) is 0 Å². The van der Waals surface area contributed by atoms with Crippen LogP contribution < -0.4 is 11.1 Å². The molecule has 0 radical (unpaired) electrons. The molecule has 0 saturated carbocycles. The largest absolute Gasteiger partial charge is 0.449 e. The molecule has 0 aliphatic carbocycles. The van der Waals surface area contributed by atoms with Crippen molar-refractivity contribution in [2.45, 2.75) is 13.0 Å². The second-order valence-electron chi connectivity index (χ2n) is 4.45. The van der Waals surface area contributed by atoms with Crippen molar-refractivity contribution in [3.05, 3.63) is 44.8 Å². The molecular formula is C15H14N2O4S2. The predicted molar refractivity (Wildman–Crippen MR) is 89.8 cm³/mol. The van der Waals surface area contributed by atoms with Crippen LogP contribution in [0.1, 0.15) is 16.7 Å². The zero-order valence-corrected chi connectivity index (χ0v) is 13.8. The average Bonchev–Trinajstić information content (AvgIpc) is 3.17. The number of nitrogens with two attached hydrogens (primary N) is 1. The normalized spacial score (nSPS) is 12.5. The number of thiophene rings is 2. The molecule has 23 heavy (non-hydrogen) atoms. The van der Waals surface area contributed by atoms with Crippen LogP contribution in [0.25, 0.3) is 11.6 Å². The fourth-order valence-electron chi connectivity index (χ4n) is 1.68. The van der Waals surface area contributed by atoms with E-state index in [-0.39, 0.29) is 0 Å². The summed E-state index contributed by atoms with van der Waals surface area (Å²) in [7, 11) is 0. The molecule has 0 fully saturated rings. The predicted octanol–water partition coefficient (Wildman–Crippen LogP) is 2.48. The highest BCUT2D eigenvalue weighted by molar-refractivity contribution is 7.12. The van der Waals surface area contributed by atoms with Crippen LogP contribution in [0, 0.1) is 0 Å². The fraction of sp³-hybridized carbons (Fsp3) is 0.133. The molecule has 2 rings (SSSR count). The van der Waals surface area contributed by atoms with Gasteiger partial charge in [-0.2, -0.15) is 0 Å². The first kappa shape index (κ1) is 16.9. The average molecular weight is 350 g/mol. The third-order valence-electron chi connectivity index (χ3n) is 2.74. The Bertz CT molecular complexity index is 721. The van der Waals surface area contributed by atoms with Crippen LogP contribution in [0.15, 0.2) is 35.0 Å². The van der Waals surface area contributed by atoms with Crippen molar-refractivity contribution in [1.82, 2.24) is 5.32 Å². The molecule has 2 aromatic rings. The minimum atomic E-state index is -1.14. The monoisotopic (exact) mass is 350 g/mol. The maximum absolute atomic E-state index is 12.4. The van der Waals surface area contributed by atoms with E-state index in [1.807, 2.05) is 34.3 Å². The highest BCUT2D eigenvalue weighted by atomic mass is 32.1. The van der Waals surface area contributed by atoms with Crippen molar-refractivity contribution in [3.8, 4) is 0 Å². The number of hydrogen-bond donors (Lipinski definition) is 2. The smallest absolute Gasteiger partial charge is 0.340 e. The van der Waals surface area contributed by atoms with Crippen LogP contribution in [-0.2, 0) is 14.3 Å². The number of carbonyl (C=O) groups excluding carboxylic acids is 3. The van der Waals surface area contributed by atoms with Crippen molar-refractivity contribution in [2.24, 2.45) is 5.73 Å². The number of primary amides is 1. The van der Waals surface area contributed by atoms with Crippen LogP contribution in [0.5, 0.6) is 0 Å². The Kier molecular flexibility index (Phi) is 5.67. The van der Waals surface area contributed by atoms with E-state index in [0.29, 0.717) is 5.57 Å². The topological polar surface area (TPSA) is 98.5 Å². The lowest BCUT2D eigenvalue weighted by Crippen LogP contribution is -2.42. The SMILES string of the molecule is C[C@H](OC(=O)/C(=C/c1cccs1)c1cccs1)C(=O)NC(N)=O. The molecule has 3 N–H and O–H groups in total. The summed E-state index contributed by atoms with van der Waals surface area (Å²) in [6.45, 7) is 1.37. The highest BCUT2D eigenvalue weighted by Gasteiger charge is 2.22. The Labute approximate surface area is 140 Å². The van der Waals surface area contributed by atoms with E-state index in [1.165, 1.54) is 29.6 Å². The third kappa shape index (κ3) is 4.76. The molecule has 2 aromatic heterocycles. The number of nitrogens with one attached hydrogen (secondary N) is 1. The van der Waals surface area contributed by atoms with Gasteiger partial charge in [0.25, 0.3) is 5.91 Å². The summed E-state index contributed by atoms with van der Waals surface area (Å²) < 4.78 is 5.13. The lowest BCUT2D eigenvalue weighted by atomic mass is 10.2. The first-order valence-corrected chi connectivity index (χ1v) is 8.33. The van der Waals surface area contributed by atoms with E-state index in [9.17, 15) is 14.4 Å². The summed E-state index contributed by atoms with van der Waals surface area (Å²) in [5.74, 6) is -1.42. The van der Waals surface area contributed by atoms with Gasteiger partial charge in [-0.15, -0.1) is 22.7 Å². The van der Waals surface area contributed by atoms with E-state index >= 15 is 0 Å². The third-order valence-corrected chi connectivity index (χ3v) is 4.46. The number of hydrogen-bond acceptors (Lipinski definition) is 6. The number of urea groups is 1. The Morgan fingerprint density at radius 1 is 1.22 bits per heavy atom. The molecule has 0 saturated heterocycles. The van der Waals surface area contributed by atoms with Crippen LogP contribution in [-0.4, -0.2) is 24.0 Å². The zero-order valence-electron chi connectivity index (χ0n) is 12.1. The fourth-order valence-corrected chi connectivity index (χ4v) is 3.07. The molecule has 0 bridgehead atoms. The Morgan fingerprint density at radius 3 is 2.48 bits per heavy atom. The van der Waals surface area contributed by atoms with E-state index < -0.39 is 24.0 Å². The second kappa shape index (κ2) is 7.70. The minimum Gasteiger partial charge on any atom is -0.449 e. The summed E-state index contributed by atoms with van der Waals surface area (Å²) in [4.78, 5) is 36.3. The van der Waals surface area contributed by atoms with Gasteiger partial charge < -0.3 is 10.5 Å². The van der Waals surface area contributed by atoms with Crippen LogP contribution in [0.4, 0.5) is 4.79 Å². The van der Waals surface area contributed by atoms with Gasteiger partial charge in [0.05, 0.1) is 5.57 Å². The van der Waals surface area contributed by atoms with E-state index in [4.69, 9.17) is 10.5 Å². The zero-order chi connectivity index (χ0) is 16.8. The van der Waals surface area contributed by atoms with E-state index in [2.05, 4.69) is 0 Å². The van der Waals surface area contributed by atoms with Gasteiger partial charge in [-0.25, -0.2) is 9.59 Å². The highest BCUT2D eigenvalue weighted by Crippen LogP contribution is 2.26. The maximum atomic E-state index is 12.4. The van der Waals surface area contributed by atoms with Gasteiger partial charge in [-0.3, -0.25) is 10.1 Å². The number of ether oxygens (including phenoxy) is 1. The summed E-state index contributed by atoms with van der Waals surface area (Å²) in [6, 6.07) is 6.36. The summed E-state index contributed by atoms with van der Waals surface area (Å²) in [5.41, 5.74) is 5.22. The second-order valence-corrected chi connectivity index (χ2v) is 6.38. The maximum Gasteiger partial charge on any atom is 0.340 e. The first-order chi connectivity index (χ1) is 11.0. The number of esters is 1. The van der Waals surface area contributed by atoms with Crippen LogP contribution >= 0.6 is 22.7 Å². The molecule has 2 heterocycles. The molecule has 8 heteroatoms. The van der Waals surface area contributed by atoms with E-state index in [1.54, 1.807) is 12.1 Å². The standard InChI is InChI=1S/C15H14N2O4S2/c1-9(13(18)17-15(16)20)21-14(19)11(12-5-3-7-23-12)8-10-4-2-6-22-10/h2-9H,1H3,(H3,16,17,18,20)/b11-8+/t9-/m0/s1. The molecule has 0 aliphatic rings. The van der Waals surface area contributed by atoms with Gasteiger partial charge >= 0.3 is 12.0 Å². The summed E-state index contributed by atoms with van der Waals surface area (Å²) in [6.07, 6.45) is 0.569. The summed E-state index contributed by atoms with van der Waals surface area (Å²) in [5, 5.41) is 5.61. The molecule has 0 aromatic carbocycles. The first-order valence-electron chi connectivity index (χ1n) is 6.57. The van der Waals surface area contributed by atoms with E-state index in [0.717, 1.165) is 9.75 Å². The minimum absolute atomic E-state index is 0.348. The Hall–Kier alpha value is -2.45. The molecule has 1 atom stereocenters. The van der Waals surface area contributed by atoms with Crippen molar-refractivity contribution in [2.75, 3.05) is 0 Å². The van der Waals surface area contributed by atoms with Crippen molar-refractivity contribution >= 4 is 52.2 Å². The lowest BCUT2D eigenvalue weighted by molar-refractivity contribution is -0.148. The molecular weight excluding hydrogens is 336 g/mol. The quantitative estimate of drug-likeness (QED) is 0.639. The van der Waals surface area contributed by atoms with Gasteiger partial charge in [0.2, 0.25) is 0 Å². The van der Waals surface area contributed by atoms with Gasteiger partial charge in [-0.1, -0.05) is 12.1 Å². The van der Waals surface area contributed by atoms with Crippen LogP contribution in [0.3, 0.4) is 0 Å². The molecule has 0 spiro atoms. The van der Waals surface area contributed by atoms with Crippen molar-refractivity contribution in [1.29, 1.82) is 0 Å². The van der Waals surface area contributed by atoms with Gasteiger partial charge in [0.15, 0.2) is 6.10 Å². The van der Waals surface area contributed by atoms with Crippen molar-refractivity contribution in [3.63, 3.8) is 0 Å². The Balaban J connectivity index is 2.18. The number of carbonyl (C=O) groups is 3. The number of amides is 3.